The number of carbonyl (C=O) groups excluding carboxylic acids is 1. The molecule has 5 heteroatoms. The Bertz CT molecular complexity index is 989. The van der Waals surface area contributed by atoms with E-state index in [1.54, 1.807) is 7.11 Å². The number of hydrogen-bond acceptors (Lipinski definition) is 5. The van der Waals surface area contributed by atoms with Crippen LogP contribution in [0.5, 0.6) is 0 Å². The molecule has 0 unspecified atom stereocenters. The number of fused-ring (bicyclic) bond motifs is 1. The van der Waals surface area contributed by atoms with Crippen LogP contribution in [-0.4, -0.2) is 38.2 Å². The van der Waals surface area contributed by atoms with E-state index in [9.17, 15) is 4.79 Å². The van der Waals surface area contributed by atoms with Crippen molar-refractivity contribution in [3.05, 3.63) is 108 Å². The quantitative estimate of drug-likeness (QED) is 0.354. The highest BCUT2D eigenvalue weighted by atomic mass is 16.7. The fourth-order valence-corrected chi connectivity index (χ4v) is 5.49. The fraction of sp³-hybridized carbons (Fsp3) is 0.345. The van der Waals surface area contributed by atoms with Gasteiger partial charge in [0.05, 0.1) is 18.6 Å². The average Bonchev–Trinajstić information content (AvgIpc) is 3.41. The zero-order chi connectivity index (χ0) is 23.5. The molecule has 2 saturated heterocycles. The van der Waals surface area contributed by atoms with E-state index in [2.05, 4.69) is 36.4 Å². The molecule has 0 N–H and O–H groups in total. The third-order valence-corrected chi connectivity index (χ3v) is 7.08. The topological polar surface area (TPSA) is 54.0 Å². The van der Waals surface area contributed by atoms with Crippen molar-refractivity contribution in [3.63, 3.8) is 0 Å². The Balaban J connectivity index is 1.56. The minimum absolute atomic E-state index is 0.109. The van der Waals surface area contributed by atoms with Gasteiger partial charge < -0.3 is 18.9 Å². The summed E-state index contributed by atoms with van der Waals surface area (Å²) in [6.07, 6.45) is -0.631. The van der Waals surface area contributed by atoms with E-state index in [0.717, 1.165) is 16.7 Å². The van der Waals surface area contributed by atoms with Gasteiger partial charge in [-0.1, -0.05) is 97.9 Å². The zero-order valence-corrected chi connectivity index (χ0v) is 19.5. The van der Waals surface area contributed by atoms with Gasteiger partial charge in [0.1, 0.15) is 5.60 Å². The third-order valence-electron chi connectivity index (χ3n) is 7.08. The molecule has 0 bridgehead atoms. The summed E-state index contributed by atoms with van der Waals surface area (Å²) in [7, 11) is 1.58. The Labute approximate surface area is 200 Å². The molecule has 176 valence electrons. The van der Waals surface area contributed by atoms with Crippen LogP contribution in [-0.2, 0) is 29.3 Å². The van der Waals surface area contributed by atoms with E-state index < -0.39 is 18.0 Å². The largest absolute Gasteiger partial charge is 0.456 e. The van der Waals surface area contributed by atoms with Gasteiger partial charge in [0.2, 0.25) is 0 Å². The first-order chi connectivity index (χ1) is 16.7. The van der Waals surface area contributed by atoms with Crippen molar-refractivity contribution in [1.29, 1.82) is 0 Å². The van der Waals surface area contributed by atoms with Crippen molar-refractivity contribution in [3.8, 4) is 0 Å². The van der Waals surface area contributed by atoms with Crippen molar-refractivity contribution in [1.82, 2.24) is 0 Å². The van der Waals surface area contributed by atoms with Gasteiger partial charge >= 0.3 is 5.97 Å². The lowest BCUT2D eigenvalue weighted by atomic mass is 9.79. The van der Waals surface area contributed by atoms with Crippen LogP contribution in [0.4, 0.5) is 0 Å². The first-order valence-corrected chi connectivity index (χ1v) is 11.9. The Hall–Kier alpha value is -2.99. The predicted octanol–water partition coefficient (Wildman–Crippen LogP) is 4.93. The van der Waals surface area contributed by atoms with Crippen molar-refractivity contribution in [2.75, 3.05) is 13.7 Å². The van der Waals surface area contributed by atoms with Crippen LogP contribution < -0.4 is 0 Å². The molecule has 2 aliphatic heterocycles. The molecule has 0 spiro atoms. The van der Waals surface area contributed by atoms with E-state index in [4.69, 9.17) is 18.9 Å². The Morgan fingerprint density at radius 3 is 1.76 bits per heavy atom. The molecular weight excluding hydrogens is 428 g/mol. The van der Waals surface area contributed by atoms with Crippen LogP contribution in [0.25, 0.3) is 0 Å². The van der Waals surface area contributed by atoms with Crippen molar-refractivity contribution in [2.24, 2.45) is 11.8 Å². The molecular formula is C29H30O5. The highest BCUT2D eigenvalue weighted by Crippen LogP contribution is 2.45. The molecule has 3 aromatic rings. The van der Waals surface area contributed by atoms with Gasteiger partial charge in [-0.15, -0.1) is 0 Å². The molecule has 2 fully saturated rings. The fourth-order valence-electron chi connectivity index (χ4n) is 5.49. The first kappa shape index (κ1) is 22.8. The standard InChI is InChI=1S/C29H30O5/c1-3-23-25-24(33-28(31-2)26(25)34-27(23)30)19-32-29(20-13-7-4-8-14-20,21-15-9-5-10-16-21)22-17-11-6-12-18-22/h4-18,23-26,28H,3,19H2,1-2H3/t23-,24-,25-,26-,28-/m1/s1. The number of carbonyl (C=O) groups is 1. The molecule has 0 amide bonds. The van der Waals surface area contributed by atoms with Crippen LogP contribution in [0.3, 0.4) is 0 Å². The Morgan fingerprint density at radius 1 is 0.824 bits per heavy atom. The van der Waals surface area contributed by atoms with Crippen molar-refractivity contribution >= 4 is 5.97 Å². The highest BCUT2D eigenvalue weighted by molar-refractivity contribution is 5.75. The summed E-state index contributed by atoms with van der Waals surface area (Å²) in [5, 5.41) is 0. The summed E-state index contributed by atoms with van der Waals surface area (Å²) < 4.78 is 24.4. The minimum Gasteiger partial charge on any atom is -0.456 e. The van der Waals surface area contributed by atoms with Gasteiger partial charge in [-0.2, -0.15) is 0 Å². The van der Waals surface area contributed by atoms with Crippen LogP contribution in [0, 0.1) is 11.8 Å². The van der Waals surface area contributed by atoms with E-state index in [1.165, 1.54) is 0 Å². The van der Waals surface area contributed by atoms with Crippen LogP contribution >= 0.6 is 0 Å². The lowest BCUT2D eigenvalue weighted by molar-refractivity contribution is -0.183. The van der Waals surface area contributed by atoms with E-state index in [1.807, 2.05) is 61.5 Å². The molecule has 34 heavy (non-hydrogen) atoms. The van der Waals surface area contributed by atoms with Crippen molar-refractivity contribution < 1.29 is 23.7 Å². The van der Waals surface area contributed by atoms with Gasteiger partial charge in [0.25, 0.3) is 0 Å². The molecule has 2 aliphatic rings. The van der Waals surface area contributed by atoms with Crippen LogP contribution in [0.1, 0.15) is 30.0 Å². The molecule has 0 aromatic heterocycles. The number of rotatable bonds is 8. The average molecular weight is 459 g/mol. The normalized spacial score (nSPS) is 26.3. The zero-order valence-electron chi connectivity index (χ0n) is 19.5. The summed E-state index contributed by atoms with van der Waals surface area (Å²) in [5.74, 6) is -0.505. The second-order valence-electron chi connectivity index (χ2n) is 8.86. The molecule has 5 nitrogen and oxygen atoms in total. The second kappa shape index (κ2) is 9.71. The lowest BCUT2D eigenvalue weighted by Gasteiger charge is -2.37. The summed E-state index contributed by atoms with van der Waals surface area (Å²) in [6, 6.07) is 30.7. The van der Waals surface area contributed by atoms with Crippen LogP contribution in [0.15, 0.2) is 91.0 Å². The highest BCUT2D eigenvalue weighted by Gasteiger charge is 2.57. The summed E-state index contributed by atoms with van der Waals surface area (Å²) in [6.45, 7) is 2.29. The minimum atomic E-state index is -0.848. The summed E-state index contributed by atoms with van der Waals surface area (Å²) >= 11 is 0. The Kier molecular flexibility index (Phi) is 6.50. The van der Waals surface area contributed by atoms with Gasteiger partial charge in [-0.05, 0) is 23.1 Å². The summed E-state index contributed by atoms with van der Waals surface area (Å²) in [4.78, 5) is 12.5. The summed E-state index contributed by atoms with van der Waals surface area (Å²) in [5.41, 5.74) is 2.22. The molecule has 0 radical (unpaired) electrons. The Morgan fingerprint density at radius 2 is 1.32 bits per heavy atom. The molecule has 2 heterocycles. The third kappa shape index (κ3) is 3.84. The smallest absolute Gasteiger partial charge is 0.309 e. The SMILES string of the molecule is CC[C@H]1C(=O)O[C@H]2[C@H](OC)O[C@H](COC(c3ccccc3)(c3ccccc3)c3ccccc3)[C@H]21. The maximum atomic E-state index is 12.5. The van der Waals surface area contributed by atoms with E-state index in [-0.39, 0.29) is 30.5 Å². The maximum Gasteiger partial charge on any atom is 0.309 e. The molecule has 3 aromatic carbocycles. The molecule has 0 aliphatic carbocycles. The second-order valence-corrected chi connectivity index (χ2v) is 8.86. The van der Waals surface area contributed by atoms with Gasteiger partial charge in [0.15, 0.2) is 12.4 Å². The lowest BCUT2D eigenvalue weighted by Crippen LogP contribution is -2.38. The molecule has 5 atom stereocenters. The van der Waals surface area contributed by atoms with Gasteiger partial charge in [-0.25, -0.2) is 0 Å². The molecule has 5 rings (SSSR count). The number of benzene rings is 3. The van der Waals surface area contributed by atoms with Gasteiger partial charge in [0, 0.05) is 13.0 Å². The predicted molar refractivity (Wildman–Crippen MR) is 128 cm³/mol. The van der Waals surface area contributed by atoms with E-state index >= 15 is 0 Å². The van der Waals surface area contributed by atoms with Crippen molar-refractivity contribution in [2.45, 2.75) is 37.4 Å². The van der Waals surface area contributed by atoms with Gasteiger partial charge in [-0.3, -0.25) is 4.79 Å². The van der Waals surface area contributed by atoms with Crippen LogP contribution in [0.2, 0.25) is 0 Å². The number of ether oxygens (including phenoxy) is 4. The van der Waals surface area contributed by atoms with E-state index in [0.29, 0.717) is 6.42 Å². The molecule has 0 saturated carbocycles. The number of hydrogen-bond donors (Lipinski definition) is 0. The monoisotopic (exact) mass is 458 g/mol. The first-order valence-electron chi connectivity index (χ1n) is 11.9. The maximum absolute atomic E-state index is 12.5. The number of methoxy groups -OCH3 is 1. The number of esters is 1.